The third kappa shape index (κ3) is 4.88. The molecule has 0 spiro atoms. The number of amides is 2. The van der Waals surface area contributed by atoms with E-state index in [2.05, 4.69) is 15.6 Å². The molecule has 2 N–H and O–H groups in total. The van der Waals surface area contributed by atoms with Gasteiger partial charge in [0.05, 0.1) is 12.2 Å². The highest BCUT2D eigenvalue weighted by atomic mass is 16.5. The molecule has 2 heterocycles. The molecule has 146 valence electrons. The summed E-state index contributed by atoms with van der Waals surface area (Å²) in [6.07, 6.45) is 5.98. The Bertz CT molecular complexity index is 937. The van der Waals surface area contributed by atoms with E-state index in [1.807, 2.05) is 47.2 Å². The number of fused-ring (bicyclic) bond motifs is 1. The van der Waals surface area contributed by atoms with Crippen molar-refractivity contribution in [3.63, 3.8) is 0 Å². The lowest BCUT2D eigenvalue weighted by atomic mass is 10.2. The van der Waals surface area contributed by atoms with E-state index < -0.39 is 0 Å². The fourth-order valence-electron chi connectivity index (χ4n) is 3.00. The van der Waals surface area contributed by atoms with Crippen LogP contribution in [-0.4, -0.2) is 34.7 Å². The number of aromatic nitrogens is 2. The quantitative estimate of drug-likeness (QED) is 0.464. The molecular weight excluding hydrogens is 356 g/mol. The van der Waals surface area contributed by atoms with Crippen molar-refractivity contribution in [3.8, 4) is 0 Å². The second-order valence-corrected chi connectivity index (χ2v) is 6.30. The Morgan fingerprint density at radius 3 is 2.79 bits per heavy atom. The lowest BCUT2D eigenvalue weighted by molar-refractivity contribution is 0.0528. The molecule has 0 saturated carbocycles. The molecule has 3 rings (SSSR count). The summed E-state index contributed by atoms with van der Waals surface area (Å²) in [6, 6.07) is 11.3. The van der Waals surface area contributed by atoms with Crippen LogP contribution in [0.5, 0.6) is 0 Å². The summed E-state index contributed by atoms with van der Waals surface area (Å²) < 4.78 is 7.17. The van der Waals surface area contributed by atoms with E-state index >= 15 is 0 Å². The second-order valence-electron chi connectivity index (χ2n) is 6.30. The fourth-order valence-corrected chi connectivity index (χ4v) is 3.00. The van der Waals surface area contributed by atoms with Crippen molar-refractivity contribution in [2.75, 3.05) is 13.2 Å². The highest BCUT2D eigenvalue weighted by molar-refractivity contribution is 6.04. The van der Waals surface area contributed by atoms with Gasteiger partial charge in [0.2, 0.25) is 0 Å². The summed E-state index contributed by atoms with van der Waals surface area (Å²) in [5.41, 5.74) is 2.49. The molecule has 7 nitrogen and oxygen atoms in total. The third-order valence-corrected chi connectivity index (χ3v) is 4.32. The average Bonchev–Trinajstić information content (AvgIpc) is 3.09. The largest absolute Gasteiger partial charge is 0.462 e. The van der Waals surface area contributed by atoms with Gasteiger partial charge in [-0.15, -0.1) is 0 Å². The van der Waals surface area contributed by atoms with Crippen LogP contribution in [-0.2, 0) is 17.8 Å². The van der Waals surface area contributed by atoms with E-state index in [1.165, 1.54) is 0 Å². The smallest absolute Gasteiger partial charge is 0.340 e. The molecule has 0 unspecified atom stereocenters. The molecular formula is C21H24N4O3. The Labute approximate surface area is 163 Å². The molecule has 0 radical (unpaired) electrons. The number of nitrogens with zero attached hydrogens (tertiary/aromatic N) is 2. The molecule has 0 fully saturated rings. The maximum Gasteiger partial charge on any atom is 0.340 e. The number of aryl methyl sites for hydroxylation is 1. The van der Waals surface area contributed by atoms with Crippen molar-refractivity contribution in [2.45, 2.75) is 26.4 Å². The third-order valence-electron chi connectivity index (χ3n) is 4.32. The maximum absolute atomic E-state index is 12.2. The van der Waals surface area contributed by atoms with Crippen molar-refractivity contribution >= 4 is 22.9 Å². The Hall–Kier alpha value is -3.35. The number of carbonyl (C=O) groups is 2. The standard InChI is InChI=1S/C21H24N4O3/c1-2-28-20(26)18-15-25(19-9-4-3-8-17(18)19)12-6-11-23-21(27)24-14-16-7-5-10-22-13-16/h3-5,7-10,13,15H,2,6,11-12,14H2,1H3,(H2,23,24,27). The van der Waals surface area contributed by atoms with Crippen LogP contribution in [0.1, 0.15) is 29.3 Å². The van der Waals surface area contributed by atoms with Gasteiger partial charge in [-0.05, 0) is 31.0 Å². The van der Waals surface area contributed by atoms with Crippen molar-refractivity contribution in [1.29, 1.82) is 0 Å². The Kier molecular flexibility index (Phi) is 6.62. The molecule has 3 aromatic rings. The summed E-state index contributed by atoms with van der Waals surface area (Å²) in [6.45, 7) is 3.78. The zero-order chi connectivity index (χ0) is 19.8. The Morgan fingerprint density at radius 1 is 1.14 bits per heavy atom. The number of benzene rings is 1. The van der Waals surface area contributed by atoms with Gasteiger partial charge in [0.25, 0.3) is 0 Å². The average molecular weight is 380 g/mol. The number of nitrogens with one attached hydrogen (secondary N) is 2. The topological polar surface area (TPSA) is 85.2 Å². The molecule has 0 aliphatic heterocycles. The molecule has 0 aliphatic rings. The van der Waals surface area contributed by atoms with E-state index in [0.29, 0.717) is 31.8 Å². The van der Waals surface area contributed by atoms with Crippen LogP contribution >= 0.6 is 0 Å². The Balaban J connectivity index is 1.51. The first-order valence-electron chi connectivity index (χ1n) is 9.34. The minimum Gasteiger partial charge on any atom is -0.462 e. The predicted molar refractivity (Wildman–Crippen MR) is 107 cm³/mol. The number of carbonyl (C=O) groups excluding carboxylic acids is 2. The molecule has 0 bridgehead atoms. The molecule has 1 aromatic carbocycles. The van der Waals surface area contributed by atoms with Crippen molar-refractivity contribution in [3.05, 3.63) is 66.1 Å². The number of urea groups is 1. The first-order chi connectivity index (χ1) is 13.7. The van der Waals surface area contributed by atoms with Gasteiger partial charge in [-0.25, -0.2) is 9.59 Å². The number of esters is 1. The van der Waals surface area contributed by atoms with Crippen molar-refractivity contribution in [1.82, 2.24) is 20.2 Å². The summed E-state index contributed by atoms with van der Waals surface area (Å²) in [7, 11) is 0. The zero-order valence-electron chi connectivity index (χ0n) is 15.9. The fraction of sp³-hybridized carbons (Fsp3) is 0.286. The first-order valence-corrected chi connectivity index (χ1v) is 9.34. The van der Waals surface area contributed by atoms with E-state index in [9.17, 15) is 9.59 Å². The van der Waals surface area contributed by atoms with Crippen LogP contribution in [0.25, 0.3) is 10.9 Å². The van der Waals surface area contributed by atoms with E-state index in [1.54, 1.807) is 19.3 Å². The molecule has 2 amide bonds. The molecule has 2 aromatic heterocycles. The lowest BCUT2D eigenvalue weighted by Gasteiger charge is -2.08. The van der Waals surface area contributed by atoms with Gasteiger partial charge in [0, 0.05) is 49.1 Å². The molecule has 28 heavy (non-hydrogen) atoms. The lowest BCUT2D eigenvalue weighted by Crippen LogP contribution is -2.35. The number of rotatable bonds is 8. The molecule has 7 heteroatoms. The minimum absolute atomic E-state index is 0.214. The number of para-hydroxylation sites is 1. The first kappa shape index (κ1) is 19.4. The van der Waals surface area contributed by atoms with Crippen LogP contribution in [0.3, 0.4) is 0 Å². The van der Waals surface area contributed by atoms with E-state index in [-0.39, 0.29) is 12.0 Å². The van der Waals surface area contributed by atoms with Gasteiger partial charge in [-0.1, -0.05) is 24.3 Å². The number of hydrogen-bond donors (Lipinski definition) is 2. The summed E-state index contributed by atoms with van der Waals surface area (Å²) >= 11 is 0. The monoisotopic (exact) mass is 380 g/mol. The van der Waals surface area contributed by atoms with Gasteiger partial charge in [-0.3, -0.25) is 4.98 Å². The van der Waals surface area contributed by atoms with Crippen molar-refractivity contribution in [2.24, 2.45) is 0 Å². The van der Waals surface area contributed by atoms with E-state index in [0.717, 1.165) is 22.9 Å². The van der Waals surface area contributed by atoms with Crippen LogP contribution in [0, 0.1) is 0 Å². The van der Waals surface area contributed by atoms with Crippen LogP contribution < -0.4 is 10.6 Å². The van der Waals surface area contributed by atoms with Crippen LogP contribution in [0.15, 0.2) is 55.0 Å². The normalized spacial score (nSPS) is 10.6. The second kappa shape index (κ2) is 9.55. The highest BCUT2D eigenvalue weighted by Gasteiger charge is 2.15. The predicted octanol–water partition coefficient (Wildman–Crippen LogP) is 3.10. The van der Waals surface area contributed by atoms with Crippen molar-refractivity contribution < 1.29 is 14.3 Å². The maximum atomic E-state index is 12.2. The van der Waals surface area contributed by atoms with Crippen LogP contribution in [0.4, 0.5) is 4.79 Å². The number of ether oxygens (including phenoxy) is 1. The van der Waals surface area contributed by atoms with Gasteiger partial charge in [0.15, 0.2) is 0 Å². The van der Waals surface area contributed by atoms with Gasteiger partial charge >= 0.3 is 12.0 Å². The summed E-state index contributed by atoms with van der Waals surface area (Å²) in [5, 5.41) is 6.53. The summed E-state index contributed by atoms with van der Waals surface area (Å²) in [4.78, 5) is 28.1. The highest BCUT2D eigenvalue weighted by Crippen LogP contribution is 2.22. The van der Waals surface area contributed by atoms with Crippen LogP contribution in [0.2, 0.25) is 0 Å². The molecule has 0 saturated heterocycles. The van der Waals surface area contributed by atoms with E-state index in [4.69, 9.17) is 4.74 Å². The minimum atomic E-state index is -0.314. The SMILES string of the molecule is CCOC(=O)c1cn(CCCNC(=O)NCc2cccnc2)c2ccccc12. The van der Waals surface area contributed by atoms with Gasteiger partial charge in [0.1, 0.15) is 0 Å². The molecule has 0 atom stereocenters. The van der Waals surface area contributed by atoms with Gasteiger partial charge < -0.3 is 19.9 Å². The Morgan fingerprint density at radius 2 is 2.00 bits per heavy atom. The summed E-state index contributed by atoms with van der Waals surface area (Å²) in [5.74, 6) is -0.314. The van der Waals surface area contributed by atoms with Gasteiger partial charge in [-0.2, -0.15) is 0 Å². The number of hydrogen-bond acceptors (Lipinski definition) is 4. The zero-order valence-corrected chi connectivity index (χ0v) is 15.9. The number of pyridine rings is 1. The molecule has 0 aliphatic carbocycles.